The number of carbonyl (C=O) groups is 1. The molecule has 0 aliphatic heterocycles. The molecular formula is C24H25ClN2O2. The minimum Gasteiger partial charge on any atom is -0.492 e. The molecule has 0 spiro atoms. The summed E-state index contributed by atoms with van der Waals surface area (Å²) >= 11 is 6.32. The molecule has 3 aromatic rings. The Morgan fingerprint density at radius 1 is 1.10 bits per heavy atom. The van der Waals surface area contributed by atoms with Crippen LogP contribution in [-0.4, -0.2) is 17.5 Å². The minimum atomic E-state index is -0.143. The van der Waals surface area contributed by atoms with E-state index in [1.54, 1.807) is 24.5 Å². The van der Waals surface area contributed by atoms with E-state index in [1.807, 2.05) is 42.5 Å². The third-order valence-corrected chi connectivity index (χ3v) is 4.94. The highest BCUT2D eigenvalue weighted by Crippen LogP contribution is 2.24. The van der Waals surface area contributed by atoms with Crippen LogP contribution < -0.4 is 10.1 Å². The molecule has 1 N–H and O–H groups in total. The molecular weight excluding hydrogens is 384 g/mol. The number of ether oxygens (including phenoxy) is 1. The standard InChI is InChI=1S/C24H25ClN2O2/c1-24(2,3)19-7-4-6-18(14-19)23(28)27-20-9-10-22(25)17(15-20)11-13-29-21-8-5-12-26-16-21/h4-10,12,14-16H,11,13H2,1-3H3,(H,27,28). The molecule has 1 amide bonds. The van der Waals surface area contributed by atoms with Gasteiger partial charge in [-0.3, -0.25) is 9.78 Å². The highest BCUT2D eigenvalue weighted by atomic mass is 35.5. The monoisotopic (exact) mass is 408 g/mol. The van der Waals surface area contributed by atoms with Gasteiger partial charge < -0.3 is 10.1 Å². The van der Waals surface area contributed by atoms with Gasteiger partial charge in [0.15, 0.2) is 0 Å². The third kappa shape index (κ3) is 5.81. The van der Waals surface area contributed by atoms with Crippen LogP contribution in [0.5, 0.6) is 5.75 Å². The van der Waals surface area contributed by atoms with Crippen LogP contribution in [0.25, 0.3) is 0 Å². The first kappa shape index (κ1) is 20.9. The number of hydrogen-bond donors (Lipinski definition) is 1. The molecule has 29 heavy (non-hydrogen) atoms. The third-order valence-electron chi connectivity index (χ3n) is 4.57. The summed E-state index contributed by atoms with van der Waals surface area (Å²) in [4.78, 5) is 16.7. The maximum atomic E-state index is 12.7. The van der Waals surface area contributed by atoms with E-state index in [4.69, 9.17) is 16.3 Å². The number of aromatic nitrogens is 1. The van der Waals surface area contributed by atoms with E-state index >= 15 is 0 Å². The van der Waals surface area contributed by atoms with Crippen molar-refractivity contribution in [2.75, 3.05) is 11.9 Å². The van der Waals surface area contributed by atoms with Crippen molar-refractivity contribution in [3.05, 3.63) is 88.7 Å². The van der Waals surface area contributed by atoms with E-state index < -0.39 is 0 Å². The first-order valence-corrected chi connectivity index (χ1v) is 9.94. The molecule has 0 fully saturated rings. The van der Waals surface area contributed by atoms with E-state index in [2.05, 4.69) is 31.1 Å². The lowest BCUT2D eigenvalue weighted by molar-refractivity contribution is 0.102. The summed E-state index contributed by atoms with van der Waals surface area (Å²) < 4.78 is 5.69. The summed E-state index contributed by atoms with van der Waals surface area (Å²) in [7, 11) is 0. The van der Waals surface area contributed by atoms with E-state index in [-0.39, 0.29) is 11.3 Å². The summed E-state index contributed by atoms with van der Waals surface area (Å²) in [5.74, 6) is 0.572. The van der Waals surface area contributed by atoms with Gasteiger partial charge in [0.1, 0.15) is 5.75 Å². The average Bonchev–Trinajstić information content (AvgIpc) is 2.70. The lowest BCUT2D eigenvalue weighted by atomic mass is 9.86. The average molecular weight is 409 g/mol. The lowest BCUT2D eigenvalue weighted by Crippen LogP contribution is -2.15. The number of halogens is 1. The predicted molar refractivity (Wildman–Crippen MR) is 118 cm³/mol. The normalized spacial score (nSPS) is 11.2. The van der Waals surface area contributed by atoms with Crippen molar-refractivity contribution >= 4 is 23.2 Å². The topological polar surface area (TPSA) is 51.2 Å². The number of hydrogen-bond acceptors (Lipinski definition) is 3. The summed E-state index contributed by atoms with van der Waals surface area (Å²) in [6, 6.07) is 16.9. The second kappa shape index (κ2) is 9.10. The number of nitrogens with one attached hydrogen (secondary N) is 1. The Hall–Kier alpha value is -2.85. The van der Waals surface area contributed by atoms with Crippen molar-refractivity contribution < 1.29 is 9.53 Å². The van der Waals surface area contributed by atoms with Gasteiger partial charge in [-0.05, 0) is 59.0 Å². The second-order valence-electron chi connectivity index (χ2n) is 7.88. The van der Waals surface area contributed by atoms with Crippen LogP contribution in [0, 0.1) is 0 Å². The Kier molecular flexibility index (Phi) is 6.55. The molecule has 0 aliphatic carbocycles. The maximum Gasteiger partial charge on any atom is 0.255 e. The molecule has 0 bridgehead atoms. The number of anilines is 1. The number of nitrogens with zero attached hydrogens (tertiary/aromatic N) is 1. The van der Waals surface area contributed by atoms with Gasteiger partial charge in [-0.2, -0.15) is 0 Å². The van der Waals surface area contributed by atoms with E-state index in [1.165, 1.54) is 0 Å². The second-order valence-corrected chi connectivity index (χ2v) is 8.29. The van der Waals surface area contributed by atoms with Crippen LogP contribution in [0.4, 0.5) is 5.69 Å². The molecule has 2 aromatic carbocycles. The molecule has 150 valence electrons. The molecule has 0 unspecified atom stereocenters. The van der Waals surface area contributed by atoms with Crippen LogP contribution in [0.15, 0.2) is 67.0 Å². The Labute approximate surface area is 176 Å². The summed E-state index contributed by atoms with van der Waals surface area (Å²) in [6.45, 7) is 6.85. The number of pyridine rings is 1. The van der Waals surface area contributed by atoms with Crippen LogP contribution in [-0.2, 0) is 11.8 Å². The van der Waals surface area contributed by atoms with Crippen molar-refractivity contribution in [1.82, 2.24) is 4.98 Å². The minimum absolute atomic E-state index is 0.0159. The van der Waals surface area contributed by atoms with Gasteiger partial charge in [-0.1, -0.05) is 44.5 Å². The van der Waals surface area contributed by atoms with Crippen molar-refractivity contribution in [2.45, 2.75) is 32.6 Å². The predicted octanol–water partition coefficient (Wildman–Crippen LogP) is 5.91. The molecule has 0 saturated carbocycles. The summed E-state index contributed by atoms with van der Waals surface area (Å²) in [6.07, 6.45) is 3.99. The fourth-order valence-corrected chi connectivity index (χ4v) is 3.10. The molecule has 0 aliphatic rings. The van der Waals surface area contributed by atoms with Crippen LogP contribution in [0.2, 0.25) is 5.02 Å². The number of amides is 1. The zero-order chi connectivity index (χ0) is 20.9. The van der Waals surface area contributed by atoms with Crippen molar-refractivity contribution in [1.29, 1.82) is 0 Å². The zero-order valence-corrected chi connectivity index (χ0v) is 17.7. The lowest BCUT2D eigenvalue weighted by Gasteiger charge is -2.19. The first-order chi connectivity index (χ1) is 13.8. The van der Waals surface area contributed by atoms with Gasteiger partial charge in [0.25, 0.3) is 5.91 Å². The molecule has 4 nitrogen and oxygen atoms in total. The molecule has 3 rings (SSSR count). The van der Waals surface area contributed by atoms with Gasteiger partial charge in [-0.15, -0.1) is 0 Å². The van der Waals surface area contributed by atoms with Gasteiger partial charge in [0, 0.05) is 28.9 Å². The van der Waals surface area contributed by atoms with E-state index in [0.717, 1.165) is 11.1 Å². The molecule has 0 atom stereocenters. The smallest absolute Gasteiger partial charge is 0.255 e. The fraction of sp³-hybridized carbons (Fsp3) is 0.250. The highest BCUT2D eigenvalue weighted by Gasteiger charge is 2.16. The number of carbonyl (C=O) groups excluding carboxylic acids is 1. The summed E-state index contributed by atoms with van der Waals surface area (Å²) in [5, 5.41) is 3.61. The Bertz CT molecular complexity index is 982. The van der Waals surface area contributed by atoms with Gasteiger partial charge in [0.05, 0.1) is 12.8 Å². The molecule has 0 radical (unpaired) electrons. The Morgan fingerprint density at radius 3 is 2.66 bits per heavy atom. The fourth-order valence-electron chi connectivity index (χ4n) is 2.89. The SMILES string of the molecule is CC(C)(C)c1cccc(C(=O)Nc2ccc(Cl)c(CCOc3cccnc3)c2)c1. The van der Waals surface area contributed by atoms with Crippen LogP contribution >= 0.6 is 11.6 Å². The quantitative estimate of drug-likeness (QED) is 0.551. The Morgan fingerprint density at radius 2 is 1.93 bits per heavy atom. The van der Waals surface area contributed by atoms with Crippen molar-refractivity contribution in [3.63, 3.8) is 0 Å². The van der Waals surface area contributed by atoms with E-state index in [0.29, 0.717) is 35.1 Å². The maximum absolute atomic E-state index is 12.7. The molecule has 1 aromatic heterocycles. The van der Waals surface area contributed by atoms with E-state index in [9.17, 15) is 4.79 Å². The molecule has 1 heterocycles. The molecule has 5 heteroatoms. The number of benzene rings is 2. The van der Waals surface area contributed by atoms with Gasteiger partial charge in [-0.25, -0.2) is 0 Å². The molecule has 0 saturated heterocycles. The Balaban J connectivity index is 1.67. The van der Waals surface area contributed by atoms with Crippen molar-refractivity contribution in [2.24, 2.45) is 0 Å². The van der Waals surface area contributed by atoms with Crippen LogP contribution in [0.1, 0.15) is 42.3 Å². The zero-order valence-electron chi connectivity index (χ0n) is 16.9. The van der Waals surface area contributed by atoms with Gasteiger partial charge >= 0.3 is 0 Å². The summed E-state index contributed by atoms with van der Waals surface area (Å²) in [5.41, 5.74) is 3.36. The van der Waals surface area contributed by atoms with Crippen molar-refractivity contribution in [3.8, 4) is 5.75 Å². The van der Waals surface area contributed by atoms with Crippen LogP contribution in [0.3, 0.4) is 0 Å². The largest absolute Gasteiger partial charge is 0.492 e. The first-order valence-electron chi connectivity index (χ1n) is 9.56. The number of rotatable bonds is 6. The highest BCUT2D eigenvalue weighted by molar-refractivity contribution is 6.31. The van der Waals surface area contributed by atoms with Gasteiger partial charge in [0.2, 0.25) is 0 Å².